The van der Waals surface area contributed by atoms with E-state index in [9.17, 15) is 14.5 Å². The van der Waals surface area contributed by atoms with Crippen LogP contribution in [0.25, 0.3) is 11.6 Å². The van der Waals surface area contributed by atoms with Gasteiger partial charge in [-0.1, -0.05) is 24.3 Å². The fraction of sp³-hybridized carbons (Fsp3) is 0. The Morgan fingerprint density at radius 3 is 2.65 bits per heavy atom. The maximum atomic E-state index is 13.2. The van der Waals surface area contributed by atoms with Gasteiger partial charge in [0.15, 0.2) is 0 Å². The smallest absolute Gasteiger partial charge is 0.258 e. The normalized spacial score (nSPS) is 10.9. The predicted octanol–water partition coefficient (Wildman–Crippen LogP) is 3.80. The average Bonchev–Trinajstić information content (AvgIpc) is 2.45. The summed E-state index contributed by atoms with van der Waals surface area (Å²) in [4.78, 5) is 10.4. The predicted molar refractivity (Wildman–Crippen MR) is 73.0 cm³/mol. The van der Waals surface area contributed by atoms with Gasteiger partial charge in [0.2, 0.25) is 0 Å². The molecule has 5 heteroatoms. The summed E-state index contributed by atoms with van der Waals surface area (Å²) in [7, 11) is 0. The number of allylic oxidation sites excluding steroid dienone is 1. The highest BCUT2D eigenvalue weighted by molar-refractivity contribution is 5.91. The minimum atomic E-state index is -0.521. The highest BCUT2D eigenvalue weighted by atomic mass is 19.1. The van der Waals surface area contributed by atoms with Crippen LogP contribution >= 0.6 is 0 Å². The summed E-state index contributed by atoms with van der Waals surface area (Å²) in [6.45, 7) is 0. The first kappa shape index (κ1) is 13.4. The lowest BCUT2D eigenvalue weighted by atomic mass is 10.0. The third kappa shape index (κ3) is 2.87. The molecule has 0 amide bonds. The van der Waals surface area contributed by atoms with Crippen molar-refractivity contribution < 1.29 is 9.31 Å². The summed E-state index contributed by atoms with van der Waals surface area (Å²) in [5.74, 6) is -0.466. The Kier molecular flexibility index (Phi) is 3.87. The van der Waals surface area contributed by atoms with Crippen LogP contribution < -0.4 is 0 Å². The van der Waals surface area contributed by atoms with E-state index in [1.807, 2.05) is 6.07 Å². The van der Waals surface area contributed by atoms with Crippen LogP contribution in [-0.4, -0.2) is 4.92 Å². The molecule has 0 atom stereocenters. The first-order valence-electron chi connectivity index (χ1n) is 5.73. The lowest BCUT2D eigenvalue weighted by Gasteiger charge is -2.01. The van der Waals surface area contributed by atoms with Crippen LogP contribution in [0, 0.1) is 27.3 Å². The van der Waals surface area contributed by atoms with Gasteiger partial charge in [-0.2, -0.15) is 5.26 Å². The molecule has 0 bridgehead atoms. The molecular formula is C15H9FN2O2. The zero-order valence-electron chi connectivity index (χ0n) is 10.3. The number of rotatable bonds is 3. The molecule has 0 aliphatic heterocycles. The second-order valence-corrected chi connectivity index (χ2v) is 4.00. The molecule has 4 nitrogen and oxygen atoms in total. The summed E-state index contributed by atoms with van der Waals surface area (Å²) in [5, 5.41) is 20.1. The standard InChI is InChI=1S/C15H9FN2O2/c16-14-6-3-5-11(9-14)13(10-17)8-12-4-1-2-7-15(12)18(19)20/h1-9H. The van der Waals surface area contributed by atoms with E-state index in [1.165, 1.54) is 36.4 Å². The molecule has 0 spiro atoms. The number of benzene rings is 2. The minimum Gasteiger partial charge on any atom is -0.258 e. The molecule has 0 aliphatic carbocycles. The fourth-order valence-corrected chi connectivity index (χ4v) is 1.77. The Balaban J connectivity index is 2.53. The molecule has 0 radical (unpaired) electrons. The highest BCUT2D eigenvalue weighted by Crippen LogP contribution is 2.24. The van der Waals surface area contributed by atoms with Crippen molar-refractivity contribution in [3.63, 3.8) is 0 Å². The Morgan fingerprint density at radius 2 is 2.00 bits per heavy atom. The molecular weight excluding hydrogens is 259 g/mol. The van der Waals surface area contributed by atoms with E-state index in [0.717, 1.165) is 0 Å². The molecule has 0 unspecified atom stereocenters. The molecule has 2 aromatic rings. The fourth-order valence-electron chi connectivity index (χ4n) is 1.77. The van der Waals surface area contributed by atoms with Gasteiger partial charge in [0, 0.05) is 6.07 Å². The monoisotopic (exact) mass is 268 g/mol. The number of hydrogen-bond acceptors (Lipinski definition) is 3. The Morgan fingerprint density at radius 1 is 1.25 bits per heavy atom. The van der Waals surface area contributed by atoms with Gasteiger partial charge in [-0.25, -0.2) is 4.39 Å². The van der Waals surface area contributed by atoms with E-state index in [1.54, 1.807) is 18.2 Å². The number of nitro benzene ring substituents is 1. The molecule has 2 rings (SSSR count). The van der Waals surface area contributed by atoms with Crippen molar-refractivity contribution in [3.05, 3.63) is 75.6 Å². The van der Waals surface area contributed by atoms with Crippen LogP contribution in [0.15, 0.2) is 48.5 Å². The third-order valence-corrected chi connectivity index (χ3v) is 2.69. The Labute approximate surface area is 114 Å². The summed E-state index contributed by atoms with van der Waals surface area (Å²) in [6, 6.07) is 13.5. The molecule has 0 aliphatic rings. The van der Waals surface area contributed by atoms with Crippen LogP contribution in [0.3, 0.4) is 0 Å². The van der Waals surface area contributed by atoms with Crippen LogP contribution in [0.5, 0.6) is 0 Å². The molecule has 2 aromatic carbocycles. The average molecular weight is 268 g/mol. The van der Waals surface area contributed by atoms with Crippen LogP contribution in [0.2, 0.25) is 0 Å². The van der Waals surface area contributed by atoms with E-state index < -0.39 is 10.7 Å². The second kappa shape index (κ2) is 5.76. The quantitative estimate of drug-likeness (QED) is 0.368. The van der Waals surface area contributed by atoms with E-state index >= 15 is 0 Å². The molecule has 0 heterocycles. The van der Waals surface area contributed by atoms with Gasteiger partial charge in [0.25, 0.3) is 5.69 Å². The van der Waals surface area contributed by atoms with Crippen molar-refractivity contribution >= 4 is 17.3 Å². The third-order valence-electron chi connectivity index (χ3n) is 2.69. The van der Waals surface area contributed by atoms with E-state index in [4.69, 9.17) is 5.26 Å². The second-order valence-electron chi connectivity index (χ2n) is 4.00. The zero-order valence-corrected chi connectivity index (χ0v) is 10.3. The molecule has 0 N–H and O–H groups in total. The first-order chi connectivity index (χ1) is 9.61. The maximum Gasteiger partial charge on any atom is 0.276 e. The van der Waals surface area contributed by atoms with Crippen molar-refractivity contribution in [1.29, 1.82) is 5.26 Å². The number of nitrogens with zero attached hydrogens (tertiary/aromatic N) is 2. The molecule has 20 heavy (non-hydrogen) atoms. The zero-order chi connectivity index (χ0) is 14.5. The lowest BCUT2D eigenvalue weighted by molar-refractivity contribution is -0.385. The topological polar surface area (TPSA) is 66.9 Å². The van der Waals surface area contributed by atoms with Crippen LogP contribution in [-0.2, 0) is 0 Å². The number of para-hydroxylation sites is 1. The number of hydrogen-bond donors (Lipinski definition) is 0. The van der Waals surface area contributed by atoms with E-state index in [2.05, 4.69) is 0 Å². The molecule has 98 valence electrons. The Hall–Kier alpha value is -3.00. The molecule has 0 aromatic heterocycles. The first-order valence-corrected chi connectivity index (χ1v) is 5.73. The summed E-state index contributed by atoms with van der Waals surface area (Å²) >= 11 is 0. The lowest BCUT2D eigenvalue weighted by Crippen LogP contribution is -1.91. The van der Waals surface area contributed by atoms with Gasteiger partial charge in [-0.15, -0.1) is 0 Å². The van der Waals surface area contributed by atoms with E-state index in [0.29, 0.717) is 11.1 Å². The van der Waals surface area contributed by atoms with Crippen molar-refractivity contribution in [3.8, 4) is 6.07 Å². The van der Waals surface area contributed by atoms with Gasteiger partial charge < -0.3 is 0 Å². The van der Waals surface area contributed by atoms with Crippen LogP contribution in [0.1, 0.15) is 11.1 Å². The SMILES string of the molecule is N#CC(=Cc1ccccc1[N+](=O)[O-])c1cccc(F)c1. The largest absolute Gasteiger partial charge is 0.276 e. The van der Waals surface area contributed by atoms with Crippen LogP contribution in [0.4, 0.5) is 10.1 Å². The van der Waals surface area contributed by atoms with Crippen molar-refractivity contribution in [2.24, 2.45) is 0 Å². The molecule has 0 fully saturated rings. The summed E-state index contributed by atoms with van der Waals surface area (Å²) in [5.41, 5.74) is 0.749. The highest BCUT2D eigenvalue weighted by Gasteiger charge is 2.12. The van der Waals surface area contributed by atoms with Gasteiger partial charge >= 0.3 is 0 Å². The number of nitro groups is 1. The molecule has 0 saturated heterocycles. The van der Waals surface area contributed by atoms with Gasteiger partial charge in [-0.05, 0) is 29.8 Å². The molecule has 0 saturated carbocycles. The number of nitriles is 1. The van der Waals surface area contributed by atoms with Gasteiger partial charge in [0.1, 0.15) is 5.82 Å². The number of halogens is 1. The van der Waals surface area contributed by atoms with Gasteiger partial charge in [0.05, 0.1) is 22.1 Å². The van der Waals surface area contributed by atoms with Crippen molar-refractivity contribution in [2.75, 3.05) is 0 Å². The summed E-state index contributed by atoms with van der Waals surface area (Å²) in [6.07, 6.45) is 1.38. The van der Waals surface area contributed by atoms with E-state index in [-0.39, 0.29) is 11.3 Å². The maximum absolute atomic E-state index is 13.2. The van der Waals surface area contributed by atoms with Crippen molar-refractivity contribution in [2.45, 2.75) is 0 Å². The summed E-state index contributed by atoms with van der Waals surface area (Å²) < 4.78 is 13.2. The van der Waals surface area contributed by atoms with Gasteiger partial charge in [-0.3, -0.25) is 10.1 Å². The Bertz CT molecular complexity index is 733. The van der Waals surface area contributed by atoms with Crippen molar-refractivity contribution in [1.82, 2.24) is 0 Å². The minimum absolute atomic E-state index is 0.100.